The van der Waals surface area contributed by atoms with Gasteiger partial charge in [0.2, 0.25) is 0 Å². The quantitative estimate of drug-likeness (QED) is 0.605. The molecule has 3 rings (SSSR count). The average molecular weight is 405 g/mol. The van der Waals surface area contributed by atoms with E-state index in [-0.39, 0.29) is 17.7 Å². The highest BCUT2D eigenvalue weighted by Gasteiger charge is 2.36. The Balaban J connectivity index is 1.90. The maximum Gasteiger partial charge on any atom is 0.416 e. The molecule has 0 radical (unpaired) electrons. The highest BCUT2D eigenvalue weighted by atomic mass is 32.2. The van der Waals surface area contributed by atoms with Gasteiger partial charge in [-0.2, -0.15) is 26.3 Å². The van der Waals surface area contributed by atoms with Crippen LogP contribution in [0.5, 0.6) is 0 Å². The van der Waals surface area contributed by atoms with Gasteiger partial charge in [0.05, 0.1) is 11.1 Å². The number of carbonyl (C=O) groups excluding carboxylic acids is 1. The van der Waals surface area contributed by atoms with Crippen LogP contribution in [0.4, 0.5) is 26.3 Å². The number of halogens is 6. The summed E-state index contributed by atoms with van der Waals surface area (Å²) in [5.41, 5.74) is -1.65. The third-order valence-corrected chi connectivity index (χ3v) is 5.35. The van der Waals surface area contributed by atoms with Crippen molar-refractivity contribution >= 4 is 17.7 Å². The maximum absolute atomic E-state index is 12.9. The van der Waals surface area contributed by atoms with Crippen LogP contribution in [0.1, 0.15) is 32.4 Å². The van der Waals surface area contributed by atoms with E-state index < -0.39 is 34.8 Å². The molecule has 0 spiro atoms. The minimum atomic E-state index is -4.59. The highest BCUT2D eigenvalue weighted by Crippen LogP contribution is 2.41. The number of rotatable bonds is 2. The minimum Gasteiger partial charge on any atom is -0.322 e. The van der Waals surface area contributed by atoms with E-state index in [2.05, 4.69) is 0 Å². The second-order valence-corrected chi connectivity index (χ2v) is 7.11. The fraction of sp³-hybridized carbons (Fsp3) is 0.278. The zero-order valence-electron chi connectivity index (χ0n) is 13.6. The lowest BCUT2D eigenvalue weighted by Gasteiger charge is -2.25. The van der Waals surface area contributed by atoms with Crippen LogP contribution >= 0.6 is 11.8 Å². The van der Waals surface area contributed by atoms with Crippen LogP contribution in [0, 0.1) is 0 Å². The average Bonchev–Trinajstić information content (AvgIpc) is 3.09. The summed E-state index contributed by atoms with van der Waals surface area (Å²) >= 11 is 1.27. The number of carbonyl (C=O) groups is 1. The summed E-state index contributed by atoms with van der Waals surface area (Å²) in [6.45, 7) is 0.237. The molecule has 1 atom stereocenters. The third-order valence-electron chi connectivity index (χ3n) is 4.09. The van der Waals surface area contributed by atoms with Gasteiger partial charge >= 0.3 is 12.4 Å². The van der Waals surface area contributed by atoms with Crippen molar-refractivity contribution in [2.75, 3.05) is 12.3 Å². The molecule has 0 aromatic heterocycles. The first-order valence-corrected chi connectivity index (χ1v) is 8.89. The number of benzene rings is 2. The molecule has 1 aliphatic rings. The molecule has 0 N–H and O–H groups in total. The van der Waals surface area contributed by atoms with Crippen molar-refractivity contribution in [3.63, 3.8) is 0 Å². The summed E-state index contributed by atoms with van der Waals surface area (Å²) in [4.78, 5) is 14.0. The van der Waals surface area contributed by atoms with Gasteiger partial charge in [0.1, 0.15) is 5.37 Å². The Kier molecular flexibility index (Phi) is 5.16. The fourth-order valence-electron chi connectivity index (χ4n) is 2.82. The second kappa shape index (κ2) is 7.10. The Morgan fingerprint density at radius 2 is 1.52 bits per heavy atom. The summed E-state index contributed by atoms with van der Waals surface area (Å²) in [7, 11) is 0. The summed E-state index contributed by atoms with van der Waals surface area (Å²) in [6.07, 6.45) is -9.11. The molecule has 1 unspecified atom stereocenters. The van der Waals surface area contributed by atoms with Gasteiger partial charge in [0.25, 0.3) is 5.91 Å². The lowest BCUT2D eigenvalue weighted by atomic mass is 10.1. The van der Waals surface area contributed by atoms with E-state index in [4.69, 9.17) is 0 Å². The first-order chi connectivity index (χ1) is 12.6. The van der Waals surface area contributed by atoms with Gasteiger partial charge in [0, 0.05) is 17.9 Å². The van der Waals surface area contributed by atoms with Crippen LogP contribution in [0.15, 0.2) is 48.5 Å². The van der Waals surface area contributed by atoms with E-state index in [9.17, 15) is 31.1 Å². The predicted molar refractivity (Wildman–Crippen MR) is 89.1 cm³/mol. The lowest BCUT2D eigenvalue weighted by molar-refractivity contribution is -0.138. The number of amides is 1. The number of hydrogen-bond donors (Lipinski definition) is 0. The van der Waals surface area contributed by atoms with E-state index in [0.29, 0.717) is 5.75 Å². The van der Waals surface area contributed by atoms with Crippen molar-refractivity contribution in [1.82, 2.24) is 4.90 Å². The molecular formula is C18H13F6NOS. The first-order valence-electron chi connectivity index (χ1n) is 7.84. The van der Waals surface area contributed by atoms with Crippen LogP contribution in [-0.4, -0.2) is 23.1 Å². The number of thioether (sulfide) groups is 1. The SMILES string of the molecule is O=C(c1cccc(C(F)(F)F)c1)N1CCSC1c1cccc(C(F)(F)F)c1. The number of alkyl halides is 6. The molecule has 2 nitrogen and oxygen atoms in total. The van der Waals surface area contributed by atoms with Crippen LogP contribution in [-0.2, 0) is 12.4 Å². The summed E-state index contributed by atoms with van der Waals surface area (Å²) < 4.78 is 77.4. The molecule has 27 heavy (non-hydrogen) atoms. The van der Waals surface area contributed by atoms with Crippen LogP contribution in [0.3, 0.4) is 0 Å². The molecule has 1 fully saturated rings. The van der Waals surface area contributed by atoms with Crippen molar-refractivity contribution in [1.29, 1.82) is 0 Å². The van der Waals surface area contributed by atoms with Crippen LogP contribution < -0.4 is 0 Å². The summed E-state index contributed by atoms with van der Waals surface area (Å²) in [6, 6.07) is 8.66. The monoisotopic (exact) mass is 405 g/mol. The molecule has 0 bridgehead atoms. The Bertz CT molecular complexity index is 848. The molecule has 2 aromatic carbocycles. The Morgan fingerprint density at radius 1 is 0.926 bits per heavy atom. The molecule has 9 heteroatoms. The van der Waals surface area contributed by atoms with Gasteiger partial charge in [-0.3, -0.25) is 4.79 Å². The standard InChI is InChI=1S/C18H13F6NOS/c19-17(20,21)13-5-1-3-11(9-13)15(26)25-7-8-27-16(25)12-4-2-6-14(10-12)18(22,23)24/h1-6,9-10,16H,7-8H2. The highest BCUT2D eigenvalue weighted by molar-refractivity contribution is 7.99. The largest absolute Gasteiger partial charge is 0.416 e. The summed E-state index contributed by atoms with van der Waals surface area (Å²) in [5, 5.41) is -0.686. The predicted octanol–water partition coefficient (Wildman–Crippen LogP) is 5.61. The Labute approximate surface area is 155 Å². The topological polar surface area (TPSA) is 20.3 Å². The molecule has 1 heterocycles. The minimum absolute atomic E-state index is 0.149. The molecule has 1 aliphatic heterocycles. The van der Waals surface area contributed by atoms with Crippen molar-refractivity contribution in [3.05, 3.63) is 70.8 Å². The Hall–Kier alpha value is -2.16. The number of nitrogens with zero attached hydrogens (tertiary/aromatic N) is 1. The van der Waals surface area contributed by atoms with E-state index in [0.717, 1.165) is 30.3 Å². The van der Waals surface area contributed by atoms with E-state index in [1.807, 2.05) is 0 Å². The molecule has 0 aliphatic carbocycles. The van der Waals surface area contributed by atoms with Crippen molar-refractivity contribution in [3.8, 4) is 0 Å². The van der Waals surface area contributed by atoms with Gasteiger partial charge in [-0.1, -0.05) is 18.2 Å². The van der Waals surface area contributed by atoms with Crippen LogP contribution in [0.25, 0.3) is 0 Å². The zero-order valence-corrected chi connectivity index (χ0v) is 14.5. The molecule has 0 saturated carbocycles. The molecule has 1 amide bonds. The van der Waals surface area contributed by atoms with Gasteiger partial charge in [-0.05, 0) is 35.9 Å². The fourth-order valence-corrected chi connectivity index (χ4v) is 4.06. The van der Waals surface area contributed by atoms with E-state index >= 15 is 0 Å². The van der Waals surface area contributed by atoms with Crippen LogP contribution in [0.2, 0.25) is 0 Å². The van der Waals surface area contributed by atoms with Gasteiger partial charge < -0.3 is 4.90 Å². The normalized spacial score (nSPS) is 18.0. The smallest absolute Gasteiger partial charge is 0.322 e. The lowest BCUT2D eigenvalue weighted by Crippen LogP contribution is -2.30. The second-order valence-electron chi connectivity index (χ2n) is 5.92. The molecular weight excluding hydrogens is 392 g/mol. The van der Waals surface area contributed by atoms with Crippen molar-refractivity contribution in [2.24, 2.45) is 0 Å². The van der Waals surface area contributed by atoms with Gasteiger partial charge in [-0.25, -0.2) is 0 Å². The molecule has 2 aromatic rings. The van der Waals surface area contributed by atoms with E-state index in [1.54, 1.807) is 0 Å². The molecule has 144 valence electrons. The molecule has 1 saturated heterocycles. The van der Waals surface area contributed by atoms with Gasteiger partial charge in [0.15, 0.2) is 0 Å². The number of hydrogen-bond acceptors (Lipinski definition) is 2. The summed E-state index contributed by atoms with van der Waals surface area (Å²) in [5.74, 6) is -0.167. The van der Waals surface area contributed by atoms with Crippen molar-refractivity contribution in [2.45, 2.75) is 17.7 Å². The van der Waals surface area contributed by atoms with Gasteiger partial charge in [-0.15, -0.1) is 11.8 Å². The van der Waals surface area contributed by atoms with Crippen molar-refractivity contribution < 1.29 is 31.1 Å². The maximum atomic E-state index is 12.9. The zero-order chi connectivity index (χ0) is 19.8. The third kappa shape index (κ3) is 4.23. The van der Waals surface area contributed by atoms with E-state index in [1.165, 1.54) is 34.9 Å². The Morgan fingerprint density at radius 3 is 2.15 bits per heavy atom. The first kappa shape index (κ1) is 19.6.